The second kappa shape index (κ2) is 16.0. The van der Waals surface area contributed by atoms with E-state index in [1.807, 2.05) is 0 Å². The van der Waals surface area contributed by atoms with Crippen LogP contribution in [-0.2, 0) is 26.2 Å². The zero-order valence-corrected chi connectivity index (χ0v) is 31.5. The second-order valence-corrected chi connectivity index (χ2v) is 26.9. The number of rotatable bonds is 17. The number of aromatic nitrogens is 4. The quantitative estimate of drug-likeness (QED) is 0.0737. The minimum absolute atomic E-state index is 0.0168. The molecule has 4 aromatic rings. The highest BCUT2D eigenvalue weighted by Gasteiger charge is 2.28. The Morgan fingerprint density at radius 1 is 0.878 bits per heavy atom. The van der Waals surface area contributed by atoms with Gasteiger partial charge in [-0.3, -0.25) is 4.79 Å². The first-order valence-corrected chi connectivity index (χ1v) is 24.7. The van der Waals surface area contributed by atoms with Gasteiger partial charge in [-0.15, -0.1) is 0 Å². The molecular weight excluding hydrogens is 681 g/mol. The molecule has 0 aliphatic rings. The van der Waals surface area contributed by atoms with E-state index in [1.165, 1.54) is 53.5 Å². The van der Waals surface area contributed by atoms with Gasteiger partial charge < -0.3 is 19.9 Å². The number of benzene rings is 2. The number of carbonyl (C=O) groups excluding carboxylic acids is 1. The van der Waals surface area contributed by atoms with E-state index in [2.05, 4.69) is 59.7 Å². The molecule has 2 N–H and O–H groups in total. The van der Waals surface area contributed by atoms with Gasteiger partial charge in [-0.05, 0) is 54.6 Å². The third-order valence-electron chi connectivity index (χ3n) is 7.34. The normalized spacial score (nSPS) is 12.1. The van der Waals surface area contributed by atoms with Crippen LogP contribution in [0.3, 0.4) is 0 Å². The first-order chi connectivity index (χ1) is 23.0. The predicted molar refractivity (Wildman–Crippen MR) is 194 cm³/mol. The van der Waals surface area contributed by atoms with Crippen LogP contribution in [0.5, 0.6) is 0 Å². The van der Waals surface area contributed by atoms with Crippen molar-refractivity contribution in [3.63, 3.8) is 0 Å². The highest BCUT2D eigenvalue weighted by Crippen LogP contribution is 2.26. The molecule has 1 amide bonds. The molecule has 262 valence electrons. The number of amides is 1. The van der Waals surface area contributed by atoms with Crippen molar-refractivity contribution in [2.45, 2.75) is 63.0 Å². The van der Waals surface area contributed by atoms with Gasteiger partial charge in [0.05, 0.1) is 16.2 Å². The average molecular weight is 725 g/mol. The monoisotopic (exact) mass is 724 g/mol. The summed E-state index contributed by atoms with van der Waals surface area (Å²) in [5.41, 5.74) is 1.18. The second-order valence-electron chi connectivity index (χ2n) is 13.8. The number of carboxylic acid groups (broad SMARTS) is 1. The summed E-state index contributed by atoms with van der Waals surface area (Å²) in [7, 11) is -6.90. The molecule has 0 atom stereocenters. The Labute approximate surface area is 289 Å². The van der Waals surface area contributed by atoms with E-state index in [4.69, 9.17) is 9.47 Å². The highest BCUT2D eigenvalue weighted by molar-refractivity contribution is 7.92. The van der Waals surface area contributed by atoms with Gasteiger partial charge in [0.25, 0.3) is 15.9 Å². The van der Waals surface area contributed by atoms with Gasteiger partial charge in [0.1, 0.15) is 19.2 Å². The lowest BCUT2D eigenvalue weighted by Gasteiger charge is -2.23. The molecule has 0 aliphatic carbocycles. The molecule has 0 spiro atoms. The van der Waals surface area contributed by atoms with Crippen LogP contribution in [0.15, 0.2) is 78.0 Å². The first-order valence-electron chi connectivity index (χ1n) is 15.8. The minimum Gasteiger partial charge on any atom is -0.478 e. The van der Waals surface area contributed by atoms with E-state index in [-0.39, 0.29) is 35.6 Å². The Morgan fingerprint density at radius 2 is 1.49 bits per heavy atom. The van der Waals surface area contributed by atoms with Crippen molar-refractivity contribution in [2.24, 2.45) is 0 Å². The van der Waals surface area contributed by atoms with E-state index in [0.717, 1.165) is 16.4 Å². The molecule has 2 aromatic carbocycles. The molecule has 0 aliphatic heterocycles. The summed E-state index contributed by atoms with van der Waals surface area (Å²) in [6.45, 7) is 13.9. The van der Waals surface area contributed by atoms with Crippen molar-refractivity contribution >= 4 is 49.7 Å². The number of nitrogens with one attached hydrogen (secondary N) is 1. The van der Waals surface area contributed by atoms with Crippen LogP contribution in [0.1, 0.15) is 20.8 Å². The molecule has 0 fully saturated rings. The number of hydrogen-bond donors (Lipinski definition) is 2. The molecule has 0 radical (unpaired) electrons. The number of carboxylic acids is 1. The summed E-state index contributed by atoms with van der Waals surface area (Å²) in [6, 6.07) is 17.0. The van der Waals surface area contributed by atoms with Crippen molar-refractivity contribution in [3.05, 3.63) is 84.3 Å². The highest BCUT2D eigenvalue weighted by atomic mass is 32.2. The molecule has 0 bridgehead atoms. The molecule has 0 saturated heterocycles. The number of anilines is 2. The lowest BCUT2D eigenvalue weighted by atomic mass is 10.0. The fourth-order valence-electron chi connectivity index (χ4n) is 4.46. The number of nitrogens with zero attached hydrogens (tertiary/aromatic N) is 5. The zero-order valence-electron chi connectivity index (χ0n) is 28.7. The van der Waals surface area contributed by atoms with Gasteiger partial charge in [0.2, 0.25) is 5.95 Å². The average Bonchev–Trinajstić information content (AvgIpc) is 3.47. The number of ether oxygens (including phenoxy) is 2. The van der Waals surface area contributed by atoms with Crippen LogP contribution in [0, 0.1) is 0 Å². The van der Waals surface area contributed by atoms with Gasteiger partial charge in [0, 0.05) is 53.0 Å². The summed E-state index contributed by atoms with van der Waals surface area (Å²) < 4.78 is 41.6. The van der Waals surface area contributed by atoms with Gasteiger partial charge in [0.15, 0.2) is 0 Å². The molecule has 0 unspecified atom stereocenters. The van der Waals surface area contributed by atoms with E-state index in [1.54, 1.807) is 24.3 Å². The van der Waals surface area contributed by atoms with E-state index < -0.39 is 38.0 Å². The smallest absolute Gasteiger partial charge is 0.336 e. The standard InChI is InChI=1S/C33H44N6O7SSi2/c1-48(2,3)20-18-45-23-38-30(22-29(37-38)27-10-7-8-11-28(27)32(41)42)31(40)36-25-12-14-26(15-13-25)47(43,44)39(33-34-16-9-17-35-33)24-46-19-21-49(4,5)6/h7-17,22H,18-21,23-24H2,1-6H3,(H,36,40)(H,41,42). The summed E-state index contributed by atoms with van der Waals surface area (Å²) in [6.07, 6.45) is 2.92. The summed E-state index contributed by atoms with van der Waals surface area (Å²) in [5, 5.41) is 17.0. The summed E-state index contributed by atoms with van der Waals surface area (Å²) >= 11 is 0. The lowest BCUT2D eigenvalue weighted by molar-refractivity contribution is 0.0697. The predicted octanol–water partition coefficient (Wildman–Crippen LogP) is 6.11. The Bertz CT molecular complexity index is 1840. The van der Waals surface area contributed by atoms with Crippen LogP contribution in [-0.4, -0.2) is 81.2 Å². The molecule has 0 saturated carbocycles. The molecule has 4 rings (SSSR count). The Kier molecular flexibility index (Phi) is 12.3. The van der Waals surface area contributed by atoms with Crippen LogP contribution >= 0.6 is 0 Å². The third kappa shape index (κ3) is 10.6. The summed E-state index contributed by atoms with van der Waals surface area (Å²) in [5.74, 6) is -1.67. The van der Waals surface area contributed by atoms with Crippen LogP contribution in [0.4, 0.5) is 11.6 Å². The third-order valence-corrected chi connectivity index (χ3v) is 12.5. The van der Waals surface area contributed by atoms with Gasteiger partial charge in [-0.2, -0.15) is 5.10 Å². The maximum atomic E-state index is 13.7. The maximum absolute atomic E-state index is 13.7. The van der Waals surface area contributed by atoms with Crippen molar-refractivity contribution in [2.75, 3.05) is 29.6 Å². The van der Waals surface area contributed by atoms with Crippen LogP contribution in [0.25, 0.3) is 11.3 Å². The molecule has 2 aromatic heterocycles. The number of aromatic carboxylic acids is 1. The van der Waals surface area contributed by atoms with Crippen molar-refractivity contribution in [1.82, 2.24) is 19.7 Å². The van der Waals surface area contributed by atoms with E-state index >= 15 is 0 Å². The maximum Gasteiger partial charge on any atom is 0.336 e. The SMILES string of the molecule is C[Si](C)(C)CCOCN(c1ncccn1)S(=O)(=O)c1ccc(NC(=O)c2cc(-c3ccccc3C(=O)O)nn2COCC[Si](C)(C)C)cc1. The van der Waals surface area contributed by atoms with Crippen LogP contribution < -0.4 is 9.62 Å². The molecule has 49 heavy (non-hydrogen) atoms. The van der Waals surface area contributed by atoms with Gasteiger partial charge >= 0.3 is 5.97 Å². The molecule has 2 heterocycles. The molecular formula is C33H44N6O7SSi2. The molecule has 16 heteroatoms. The minimum atomic E-state index is -4.13. The van der Waals surface area contributed by atoms with Gasteiger partial charge in [-0.25, -0.2) is 32.2 Å². The fraction of sp³-hybridized carbons (Fsp3) is 0.364. The van der Waals surface area contributed by atoms with Gasteiger partial charge in [-0.1, -0.05) is 57.5 Å². The number of carbonyl (C=O) groups is 2. The van der Waals surface area contributed by atoms with Crippen molar-refractivity contribution in [1.29, 1.82) is 0 Å². The Balaban J connectivity index is 1.56. The fourth-order valence-corrected chi connectivity index (χ4v) is 7.24. The zero-order chi connectivity index (χ0) is 35.8. The van der Waals surface area contributed by atoms with Crippen molar-refractivity contribution in [3.8, 4) is 11.3 Å². The number of sulfonamides is 1. The molecule has 13 nitrogen and oxygen atoms in total. The van der Waals surface area contributed by atoms with E-state index in [0.29, 0.717) is 30.2 Å². The van der Waals surface area contributed by atoms with Crippen LogP contribution in [0.2, 0.25) is 51.4 Å². The topological polar surface area (TPSA) is 166 Å². The first kappa shape index (κ1) is 37.6. The Morgan fingerprint density at radius 3 is 2.10 bits per heavy atom. The largest absolute Gasteiger partial charge is 0.478 e. The van der Waals surface area contributed by atoms with Crippen molar-refractivity contribution < 1.29 is 32.6 Å². The Hall–Kier alpha value is -4.23. The summed E-state index contributed by atoms with van der Waals surface area (Å²) in [4.78, 5) is 33.7. The number of hydrogen-bond acceptors (Lipinski definition) is 9. The lowest BCUT2D eigenvalue weighted by Crippen LogP contribution is -2.35. The van der Waals surface area contributed by atoms with E-state index in [9.17, 15) is 23.1 Å².